The number of aliphatic hydroxyl groups excluding tert-OH is 1. The number of carbonyl (C=O) groups excluding carboxylic acids is 1. The minimum Gasteiger partial charge on any atom is -0.387 e. The molecule has 0 saturated heterocycles. The first-order valence-corrected chi connectivity index (χ1v) is 5.81. The fourth-order valence-electron chi connectivity index (χ4n) is 1.70. The van der Waals surface area contributed by atoms with Gasteiger partial charge in [-0.15, -0.1) is 0 Å². The zero-order valence-electron chi connectivity index (χ0n) is 8.11. The molecule has 2 rings (SSSR count). The average molecular weight is 318 g/mol. The second-order valence-electron chi connectivity index (χ2n) is 3.46. The highest BCUT2D eigenvalue weighted by Crippen LogP contribution is 2.18. The molecule has 0 radical (unpaired) electrons. The monoisotopic (exact) mass is 318 g/mol. The quantitative estimate of drug-likeness (QED) is 0.608. The smallest absolute Gasteiger partial charge is 0.248 e. The summed E-state index contributed by atoms with van der Waals surface area (Å²) >= 11 is 2.18. The number of aromatic nitrogens is 1. The van der Waals surface area contributed by atoms with Crippen molar-refractivity contribution in [3.8, 4) is 0 Å². The molecule has 0 atom stereocenters. The normalized spacial score (nSPS) is 14.9. The fraction of sp³-hybridized carbons (Fsp3) is 0.400. The summed E-state index contributed by atoms with van der Waals surface area (Å²) in [7, 11) is 0. The fourth-order valence-corrected chi connectivity index (χ4v) is 2.17. The Morgan fingerprint density at radius 3 is 3.13 bits per heavy atom. The molecule has 1 aliphatic rings. The van der Waals surface area contributed by atoms with E-state index in [0.717, 1.165) is 21.4 Å². The van der Waals surface area contributed by atoms with Gasteiger partial charge in [-0.1, -0.05) is 6.07 Å². The van der Waals surface area contributed by atoms with E-state index >= 15 is 0 Å². The molecule has 0 bridgehead atoms. The van der Waals surface area contributed by atoms with E-state index in [-0.39, 0.29) is 5.91 Å². The minimum absolute atomic E-state index is 0.209. The van der Waals surface area contributed by atoms with Gasteiger partial charge in [-0.05, 0) is 34.2 Å². The van der Waals surface area contributed by atoms with Crippen LogP contribution in [0.15, 0.2) is 12.1 Å². The number of fused-ring (bicyclic) bond motifs is 1. The van der Waals surface area contributed by atoms with Crippen molar-refractivity contribution in [2.45, 2.75) is 13.0 Å². The first-order valence-electron chi connectivity index (χ1n) is 4.73. The first-order chi connectivity index (χ1) is 7.20. The maximum Gasteiger partial charge on any atom is 0.248 e. The summed E-state index contributed by atoms with van der Waals surface area (Å²) in [4.78, 5) is 17.4. The Morgan fingerprint density at radius 1 is 1.60 bits per heavy atom. The molecule has 1 aliphatic heterocycles. The van der Waals surface area contributed by atoms with E-state index in [1.165, 1.54) is 0 Å². The lowest BCUT2D eigenvalue weighted by Crippen LogP contribution is -2.38. The molecule has 0 fully saturated rings. The summed E-state index contributed by atoms with van der Waals surface area (Å²) in [6.07, 6.45) is 0.776. The molecule has 1 aromatic rings. The molecule has 0 aliphatic carbocycles. The van der Waals surface area contributed by atoms with Crippen LogP contribution in [0.2, 0.25) is 0 Å². The summed E-state index contributed by atoms with van der Waals surface area (Å²) in [5.41, 5.74) is 2.16. The van der Waals surface area contributed by atoms with Gasteiger partial charge in [0.05, 0.1) is 0 Å². The third-order valence-corrected chi connectivity index (χ3v) is 3.10. The molecule has 2 heterocycles. The topological polar surface area (TPSA) is 53.4 Å². The Hall–Kier alpha value is -0.690. The number of nitrogens with zero attached hydrogens (tertiary/aromatic N) is 2. The number of aliphatic hydroxyl groups is 1. The second-order valence-corrected chi connectivity index (χ2v) is 4.57. The van der Waals surface area contributed by atoms with Crippen molar-refractivity contribution in [1.29, 1.82) is 0 Å². The van der Waals surface area contributed by atoms with Gasteiger partial charge < -0.3 is 10.0 Å². The van der Waals surface area contributed by atoms with E-state index in [1.807, 2.05) is 12.1 Å². The van der Waals surface area contributed by atoms with Gasteiger partial charge in [0.2, 0.25) is 5.91 Å². The van der Waals surface area contributed by atoms with Crippen LogP contribution in [0.3, 0.4) is 0 Å². The van der Waals surface area contributed by atoms with E-state index < -0.39 is 6.61 Å². The Kier molecular flexibility index (Phi) is 3.20. The standard InChI is InChI=1S/C10H11IN2O2/c11-9-2-1-7-5-13(10(15)6-14)4-3-8(7)12-9/h1-2,14H,3-6H2. The van der Waals surface area contributed by atoms with Gasteiger partial charge in [-0.3, -0.25) is 4.79 Å². The molecule has 0 aromatic carbocycles. The molecule has 4 nitrogen and oxygen atoms in total. The van der Waals surface area contributed by atoms with Crippen molar-refractivity contribution in [3.05, 3.63) is 27.1 Å². The first kappa shape index (κ1) is 10.8. The maximum atomic E-state index is 11.3. The van der Waals surface area contributed by atoms with Gasteiger partial charge in [0.25, 0.3) is 0 Å². The lowest BCUT2D eigenvalue weighted by Gasteiger charge is -2.27. The Balaban J connectivity index is 2.20. The molecule has 1 N–H and O–H groups in total. The summed E-state index contributed by atoms with van der Waals surface area (Å²) in [6.45, 7) is 0.811. The van der Waals surface area contributed by atoms with Crippen LogP contribution in [0.25, 0.3) is 0 Å². The average Bonchev–Trinajstić information content (AvgIpc) is 2.27. The van der Waals surface area contributed by atoms with Gasteiger partial charge >= 0.3 is 0 Å². The molecule has 15 heavy (non-hydrogen) atoms. The van der Waals surface area contributed by atoms with Crippen LogP contribution in [-0.2, 0) is 17.8 Å². The van der Waals surface area contributed by atoms with Crippen molar-refractivity contribution in [3.63, 3.8) is 0 Å². The van der Waals surface area contributed by atoms with Gasteiger partial charge in [0.15, 0.2) is 0 Å². The Bertz CT molecular complexity index is 395. The molecule has 0 unspecified atom stereocenters. The summed E-state index contributed by atoms with van der Waals surface area (Å²) in [6, 6.07) is 3.94. The maximum absolute atomic E-state index is 11.3. The molecular weight excluding hydrogens is 307 g/mol. The van der Waals surface area contributed by atoms with Crippen molar-refractivity contribution >= 4 is 28.5 Å². The number of amides is 1. The minimum atomic E-state index is -0.410. The van der Waals surface area contributed by atoms with Gasteiger partial charge in [-0.2, -0.15) is 0 Å². The third kappa shape index (κ3) is 2.28. The summed E-state index contributed by atoms with van der Waals surface area (Å²) in [5.74, 6) is -0.209. The number of rotatable bonds is 1. The molecular formula is C10H11IN2O2. The predicted octanol–water partition coefficient (Wildman–Crippen LogP) is 0.563. The van der Waals surface area contributed by atoms with E-state index in [9.17, 15) is 4.79 Å². The van der Waals surface area contributed by atoms with Crippen LogP contribution in [0.5, 0.6) is 0 Å². The lowest BCUT2D eigenvalue weighted by atomic mass is 10.1. The molecule has 0 spiro atoms. The Labute approximate surface area is 101 Å². The number of halogens is 1. The number of carbonyl (C=O) groups is 1. The number of hydrogen-bond donors (Lipinski definition) is 1. The highest BCUT2D eigenvalue weighted by atomic mass is 127. The van der Waals surface area contributed by atoms with Gasteiger partial charge in [-0.25, -0.2) is 4.98 Å². The van der Waals surface area contributed by atoms with Gasteiger partial charge in [0, 0.05) is 25.2 Å². The van der Waals surface area contributed by atoms with Gasteiger partial charge in [0.1, 0.15) is 10.3 Å². The van der Waals surface area contributed by atoms with Crippen LogP contribution in [-0.4, -0.2) is 34.0 Å². The van der Waals surface area contributed by atoms with Crippen LogP contribution in [0.1, 0.15) is 11.3 Å². The van der Waals surface area contributed by atoms with E-state index in [4.69, 9.17) is 5.11 Å². The van der Waals surface area contributed by atoms with E-state index in [2.05, 4.69) is 27.6 Å². The summed E-state index contributed by atoms with van der Waals surface area (Å²) < 4.78 is 0.980. The largest absolute Gasteiger partial charge is 0.387 e. The third-order valence-electron chi connectivity index (χ3n) is 2.50. The van der Waals surface area contributed by atoms with E-state index in [0.29, 0.717) is 13.1 Å². The van der Waals surface area contributed by atoms with Crippen molar-refractivity contribution in [1.82, 2.24) is 9.88 Å². The Morgan fingerprint density at radius 2 is 2.40 bits per heavy atom. The summed E-state index contributed by atoms with van der Waals surface area (Å²) in [5, 5.41) is 8.77. The van der Waals surface area contributed by atoms with Crippen molar-refractivity contribution in [2.24, 2.45) is 0 Å². The van der Waals surface area contributed by atoms with Crippen molar-refractivity contribution < 1.29 is 9.90 Å². The van der Waals surface area contributed by atoms with Crippen LogP contribution in [0, 0.1) is 3.70 Å². The van der Waals surface area contributed by atoms with E-state index in [1.54, 1.807) is 4.90 Å². The van der Waals surface area contributed by atoms with Crippen LogP contribution >= 0.6 is 22.6 Å². The molecule has 80 valence electrons. The SMILES string of the molecule is O=C(CO)N1CCc2nc(I)ccc2C1. The second kappa shape index (κ2) is 4.44. The molecule has 5 heteroatoms. The molecule has 1 amide bonds. The zero-order chi connectivity index (χ0) is 10.8. The number of hydrogen-bond acceptors (Lipinski definition) is 3. The highest BCUT2D eigenvalue weighted by Gasteiger charge is 2.20. The highest BCUT2D eigenvalue weighted by molar-refractivity contribution is 14.1. The molecule has 0 saturated carbocycles. The van der Waals surface area contributed by atoms with Crippen LogP contribution < -0.4 is 0 Å². The van der Waals surface area contributed by atoms with Crippen LogP contribution in [0.4, 0.5) is 0 Å². The number of pyridine rings is 1. The zero-order valence-corrected chi connectivity index (χ0v) is 10.3. The molecule has 1 aromatic heterocycles. The van der Waals surface area contributed by atoms with Crippen molar-refractivity contribution in [2.75, 3.05) is 13.2 Å². The predicted molar refractivity (Wildman–Crippen MR) is 63.2 cm³/mol. The lowest BCUT2D eigenvalue weighted by molar-refractivity contribution is -0.135.